The summed E-state index contributed by atoms with van der Waals surface area (Å²) >= 11 is 0. The molecule has 4 rings (SSSR count). The lowest BCUT2D eigenvalue weighted by Crippen LogP contribution is -2.36. The van der Waals surface area contributed by atoms with Crippen molar-refractivity contribution in [1.29, 1.82) is 0 Å². The largest absolute Gasteiger partial charge is 0.496 e. The van der Waals surface area contributed by atoms with Crippen LogP contribution in [0.5, 0.6) is 5.75 Å². The number of halogens is 1. The quantitative estimate of drug-likeness (QED) is 0.545. The number of amides is 2. The molecule has 0 radical (unpaired) electrons. The molecule has 3 aromatic rings. The number of nitrogens with one attached hydrogen (secondary N) is 2. The number of rotatable bonds is 7. The van der Waals surface area contributed by atoms with E-state index in [-0.39, 0.29) is 23.7 Å². The number of ether oxygens (including phenoxy) is 1. The van der Waals surface area contributed by atoms with Gasteiger partial charge in [-0.05, 0) is 60.0 Å². The Labute approximate surface area is 198 Å². The molecule has 0 aliphatic carbocycles. The third-order valence-corrected chi connectivity index (χ3v) is 5.91. The molecule has 2 amide bonds. The molecule has 1 aliphatic heterocycles. The summed E-state index contributed by atoms with van der Waals surface area (Å²) in [5.74, 6) is 0.0759. The molecule has 0 bridgehead atoms. The molecule has 1 fully saturated rings. The monoisotopic (exact) mass is 461 g/mol. The van der Waals surface area contributed by atoms with Crippen molar-refractivity contribution in [3.8, 4) is 16.9 Å². The molecule has 2 N–H and O–H groups in total. The SMILES string of the molecule is COc1ccc(F)cc1-c1ccc(CN2CCC(NC(=O)c3ccc(NC(C)=O)cc3)C2)cc1. The molecular weight excluding hydrogens is 433 g/mol. The maximum atomic E-state index is 13.7. The Bertz CT molecular complexity index is 1160. The minimum Gasteiger partial charge on any atom is -0.496 e. The van der Waals surface area contributed by atoms with Crippen LogP contribution in [0.2, 0.25) is 0 Å². The molecule has 7 heteroatoms. The number of benzene rings is 3. The molecule has 6 nitrogen and oxygen atoms in total. The van der Waals surface area contributed by atoms with E-state index in [9.17, 15) is 14.0 Å². The van der Waals surface area contributed by atoms with Gasteiger partial charge in [-0.2, -0.15) is 0 Å². The number of carbonyl (C=O) groups is 2. The molecule has 34 heavy (non-hydrogen) atoms. The number of nitrogens with zero attached hydrogens (tertiary/aromatic N) is 1. The average Bonchev–Trinajstić information content (AvgIpc) is 3.26. The fraction of sp³-hybridized carbons (Fsp3) is 0.259. The summed E-state index contributed by atoms with van der Waals surface area (Å²) in [4.78, 5) is 26.0. The van der Waals surface area contributed by atoms with E-state index in [1.807, 2.05) is 24.3 Å². The van der Waals surface area contributed by atoms with Gasteiger partial charge in [-0.15, -0.1) is 0 Å². The van der Waals surface area contributed by atoms with Crippen LogP contribution in [-0.2, 0) is 11.3 Å². The van der Waals surface area contributed by atoms with Gasteiger partial charge in [0.1, 0.15) is 11.6 Å². The van der Waals surface area contributed by atoms with E-state index in [0.29, 0.717) is 17.0 Å². The van der Waals surface area contributed by atoms with Gasteiger partial charge in [0.25, 0.3) is 5.91 Å². The number of hydrogen-bond donors (Lipinski definition) is 2. The first-order chi connectivity index (χ1) is 16.4. The summed E-state index contributed by atoms with van der Waals surface area (Å²) in [5.41, 5.74) is 4.01. The highest BCUT2D eigenvalue weighted by Gasteiger charge is 2.24. The molecule has 176 valence electrons. The third kappa shape index (κ3) is 5.80. The van der Waals surface area contributed by atoms with Crippen molar-refractivity contribution in [3.63, 3.8) is 0 Å². The lowest BCUT2D eigenvalue weighted by atomic mass is 10.0. The molecule has 1 unspecified atom stereocenters. The van der Waals surface area contributed by atoms with Crippen LogP contribution in [0.4, 0.5) is 10.1 Å². The average molecular weight is 462 g/mol. The van der Waals surface area contributed by atoms with Crippen LogP contribution in [0.25, 0.3) is 11.1 Å². The smallest absolute Gasteiger partial charge is 0.251 e. The van der Waals surface area contributed by atoms with Gasteiger partial charge in [0, 0.05) is 49.4 Å². The van der Waals surface area contributed by atoms with E-state index in [0.717, 1.165) is 42.7 Å². The van der Waals surface area contributed by atoms with E-state index in [4.69, 9.17) is 4.74 Å². The first-order valence-corrected chi connectivity index (χ1v) is 11.2. The van der Waals surface area contributed by atoms with Crippen molar-refractivity contribution < 1.29 is 18.7 Å². The number of methoxy groups -OCH3 is 1. The summed E-state index contributed by atoms with van der Waals surface area (Å²) in [6, 6.07) is 19.5. The van der Waals surface area contributed by atoms with E-state index in [2.05, 4.69) is 15.5 Å². The zero-order valence-corrected chi connectivity index (χ0v) is 19.3. The van der Waals surface area contributed by atoms with E-state index < -0.39 is 0 Å². The molecule has 1 atom stereocenters. The summed E-state index contributed by atoms with van der Waals surface area (Å²) in [6.07, 6.45) is 0.883. The third-order valence-electron chi connectivity index (χ3n) is 5.91. The predicted octanol–water partition coefficient (Wildman–Crippen LogP) is 4.46. The predicted molar refractivity (Wildman–Crippen MR) is 130 cm³/mol. The number of carbonyl (C=O) groups excluding carboxylic acids is 2. The highest BCUT2D eigenvalue weighted by Crippen LogP contribution is 2.31. The molecule has 1 aliphatic rings. The van der Waals surface area contributed by atoms with E-state index in [1.54, 1.807) is 37.4 Å². The Balaban J connectivity index is 1.31. The van der Waals surface area contributed by atoms with E-state index in [1.165, 1.54) is 19.1 Å². The zero-order valence-electron chi connectivity index (χ0n) is 19.3. The lowest BCUT2D eigenvalue weighted by molar-refractivity contribution is -0.114. The Kier molecular flexibility index (Phi) is 7.23. The van der Waals surface area contributed by atoms with Crippen LogP contribution in [0.1, 0.15) is 29.3 Å². The number of hydrogen-bond acceptors (Lipinski definition) is 4. The molecule has 0 saturated carbocycles. The van der Waals surface area contributed by atoms with Crippen molar-refractivity contribution in [2.24, 2.45) is 0 Å². The van der Waals surface area contributed by atoms with Gasteiger partial charge < -0.3 is 15.4 Å². The maximum Gasteiger partial charge on any atom is 0.251 e. The van der Waals surface area contributed by atoms with E-state index >= 15 is 0 Å². The highest BCUT2D eigenvalue weighted by molar-refractivity contribution is 5.95. The highest BCUT2D eigenvalue weighted by atomic mass is 19.1. The van der Waals surface area contributed by atoms with Crippen LogP contribution in [-0.4, -0.2) is 43.0 Å². The standard InChI is InChI=1S/C27H28FN3O3/c1-18(32)29-23-10-7-21(8-11-23)27(33)30-24-13-14-31(17-24)16-19-3-5-20(6-4-19)25-15-22(28)9-12-26(25)34-2/h3-12,15,24H,13-14,16-17H2,1-2H3,(H,29,32)(H,30,33). The Morgan fingerprint density at radius 1 is 1.06 bits per heavy atom. The van der Waals surface area contributed by atoms with Crippen molar-refractivity contribution in [3.05, 3.63) is 83.7 Å². The summed E-state index contributed by atoms with van der Waals surface area (Å²) in [5, 5.41) is 5.80. The van der Waals surface area contributed by atoms with Crippen molar-refractivity contribution in [2.45, 2.75) is 25.9 Å². The fourth-order valence-corrected chi connectivity index (χ4v) is 4.22. The minimum atomic E-state index is -0.297. The Hall–Kier alpha value is -3.71. The van der Waals surface area contributed by atoms with Crippen LogP contribution < -0.4 is 15.4 Å². The number of anilines is 1. The van der Waals surface area contributed by atoms with Gasteiger partial charge in [0.15, 0.2) is 0 Å². The molecule has 3 aromatic carbocycles. The molecule has 0 aromatic heterocycles. The zero-order chi connectivity index (χ0) is 24.1. The second-order valence-corrected chi connectivity index (χ2v) is 8.49. The minimum absolute atomic E-state index is 0.0818. The van der Waals surface area contributed by atoms with Crippen molar-refractivity contribution in [1.82, 2.24) is 10.2 Å². The first kappa shape index (κ1) is 23.4. The normalized spacial score (nSPS) is 15.7. The second-order valence-electron chi connectivity index (χ2n) is 8.49. The van der Waals surface area contributed by atoms with Gasteiger partial charge in [0.2, 0.25) is 5.91 Å². The summed E-state index contributed by atoms with van der Waals surface area (Å²) in [6.45, 7) is 3.89. The van der Waals surface area contributed by atoms with Gasteiger partial charge in [-0.25, -0.2) is 4.39 Å². The summed E-state index contributed by atoms with van der Waals surface area (Å²) < 4.78 is 19.1. The fourth-order valence-electron chi connectivity index (χ4n) is 4.22. The van der Waals surface area contributed by atoms with Gasteiger partial charge in [-0.1, -0.05) is 24.3 Å². The first-order valence-electron chi connectivity index (χ1n) is 11.2. The van der Waals surface area contributed by atoms with Crippen LogP contribution in [0, 0.1) is 5.82 Å². The molecule has 1 heterocycles. The molecule has 0 spiro atoms. The molecule has 1 saturated heterocycles. The second kappa shape index (κ2) is 10.5. The topological polar surface area (TPSA) is 70.7 Å². The van der Waals surface area contributed by atoms with Crippen molar-refractivity contribution >= 4 is 17.5 Å². The Morgan fingerprint density at radius 2 is 1.79 bits per heavy atom. The van der Waals surface area contributed by atoms with Crippen LogP contribution >= 0.6 is 0 Å². The number of likely N-dealkylation sites (tertiary alicyclic amines) is 1. The van der Waals surface area contributed by atoms with Crippen LogP contribution in [0.15, 0.2) is 66.7 Å². The lowest BCUT2D eigenvalue weighted by Gasteiger charge is -2.17. The van der Waals surface area contributed by atoms with Crippen LogP contribution in [0.3, 0.4) is 0 Å². The van der Waals surface area contributed by atoms with Crippen molar-refractivity contribution in [2.75, 3.05) is 25.5 Å². The van der Waals surface area contributed by atoms with Gasteiger partial charge in [-0.3, -0.25) is 14.5 Å². The van der Waals surface area contributed by atoms with Gasteiger partial charge >= 0.3 is 0 Å². The maximum absolute atomic E-state index is 13.7. The molecular formula is C27H28FN3O3. The Morgan fingerprint density at radius 3 is 2.47 bits per heavy atom. The summed E-state index contributed by atoms with van der Waals surface area (Å²) in [7, 11) is 1.58. The van der Waals surface area contributed by atoms with Gasteiger partial charge in [0.05, 0.1) is 7.11 Å².